The van der Waals surface area contributed by atoms with Gasteiger partial charge < -0.3 is 14.4 Å². The van der Waals surface area contributed by atoms with Crippen LogP contribution in [0.25, 0.3) is 0 Å². The van der Waals surface area contributed by atoms with Gasteiger partial charge in [0, 0.05) is 13.0 Å². The molecule has 0 aliphatic carbocycles. The first kappa shape index (κ1) is 14.7. The smallest absolute Gasteiger partial charge is 0.410 e. The molecule has 0 spiro atoms. The van der Waals surface area contributed by atoms with Gasteiger partial charge in [0.15, 0.2) is 0 Å². The number of hydrogen-bond donors (Lipinski definition) is 0. The van der Waals surface area contributed by atoms with E-state index in [2.05, 4.69) is 4.74 Å². The standard InChI is InChI=1S/C12H20FNO4/c1-5-17-9(15)12(13)6-7-14(8-12)10(16)18-11(2,3)4/h5-8H2,1-4H3. The van der Waals surface area contributed by atoms with Gasteiger partial charge in [0.05, 0.1) is 13.2 Å². The van der Waals surface area contributed by atoms with E-state index in [1.54, 1.807) is 27.7 Å². The third-order valence-electron chi connectivity index (χ3n) is 2.51. The molecule has 104 valence electrons. The third-order valence-corrected chi connectivity index (χ3v) is 2.51. The average Bonchev–Trinajstić information content (AvgIpc) is 2.60. The van der Waals surface area contributed by atoms with Crippen LogP contribution in [0.15, 0.2) is 0 Å². The number of ether oxygens (including phenoxy) is 2. The fourth-order valence-corrected chi connectivity index (χ4v) is 1.68. The summed E-state index contributed by atoms with van der Waals surface area (Å²) in [7, 11) is 0. The molecule has 1 amide bonds. The van der Waals surface area contributed by atoms with Crippen LogP contribution in [0.5, 0.6) is 0 Å². The highest BCUT2D eigenvalue weighted by molar-refractivity contribution is 5.82. The summed E-state index contributed by atoms with van der Waals surface area (Å²) in [5.74, 6) is -0.906. The number of likely N-dealkylation sites (tertiary alicyclic amines) is 1. The predicted molar refractivity (Wildman–Crippen MR) is 62.9 cm³/mol. The lowest BCUT2D eigenvalue weighted by Crippen LogP contribution is -2.41. The lowest BCUT2D eigenvalue weighted by Gasteiger charge is -2.24. The Bertz CT molecular complexity index is 339. The first-order valence-electron chi connectivity index (χ1n) is 6.02. The van der Waals surface area contributed by atoms with Gasteiger partial charge in [0.25, 0.3) is 0 Å². The number of carbonyl (C=O) groups excluding carboxylic acids is 2. The highest BCUT2D eigenvalue weighted by Crippen LogP contribution is 2.28. The Morgan fingerprint density at radius 3 is 2.50 bits per heavy atom. The summed E-state index contributed by atoms with van der Waals surface area (Å²) in [6.45, 7) is 6.78. The minimum absolute atomic E-state index is 0.0505. The van der Waals surface area contributed by atoms with E-state index < -0.39 is 23.3 Å². The molecule has 0 N–H and O–H groups in total. The third kappa shape index (κ3) is 3.58. The van der Waals surface area contributed by atoms with E-state index in [0.29, 0.717) is 0 Å². The highest BCUT2D eigenvalue weighted by Gasteiger charge is 2.48. The van der Waals surface area contributed by atoms with Crippen molar-refractivity contribution in [3.8, 4) is 0 Å². The van der Waals surface area contributed by atoms with Crippen LogP contribution in [0.1, 0.15) is 34.1 Å². The quantitative estimate of drug-likeness (QED) is 0.712. The molecule has 1 heterocycles. The predicted octanol–water partition coefficient (Wildman–Crippen LogP) is 1.90. The summed E-state index contributed by atoms with van der Waals surface area (Å²) >= 11 is 0. The summed E-state index contributed by atoms with van der Waals surface area (Å²) < 4.78 is 24.0. The number of halogens is 1. The number of carbonyl (C=O) groups is 2. The first-order chi connectivity index (χ1) is 8.18. The van der Waals surface area contributed by atoms with Crippen LogP contribution in [0.4, 0.5) is 9.18 Å². The molecule has 1 aliphatic heterocycles. The minimum Gasteiger partial charge on any atom is -0.464 e. The van der Waals surface area contributed by atoms with E-state index >= 15 is 0 Å². The second-order valence-corrected chi connectivity index (χ2v) is 5.34. The molecule has 0 radical (unpaired) electrons. The van der Waals surface area contributed by atoms with E-state index in [0.717, 1.165) is 0 Å². The molecule has 1 atom stereocenters. The average molecular weight is 261 g/mol. The van der Waals surface area contributed by atoms with Crippen molar-refractivity contribution in [3.63, 3.8) is 0 Å². The normalized spacial score (nSPS) is 23.9. The van der Waals surface area contributed by atoms with Crippen molar-refractivity contribution in [2.24, 2.45) is 0 Å². The van der Waals surface area contributed by atoms with E-state index in [1.807, 2.05) is 0 Å². The molecule has 0 saturated carbocycles. The Morgan fingerprint density at radius 2 is 2.00 bits per heavy atom. The van der Waals surface area contributed by atoms with Crippen molar-refractivity contribution in [1.82, 2.24) is 4.90 Å². The molecule has 1 aliphatic rings. The zero-order chi connectivity index (χ0) is 14.0. The van der Waals surface area contributed by atoms with Crippen molar-refractivity contribution in [3.05, 3.63) is 0 Å². The molecular weight excluding hydrogens is 241 g/mol. The molecule has 1 saturated heterocycles. The lowest BCUT2D eigenvalue weighted by molar-refractivity contribution is -0.156. The van der Waals surface area contributed by atoms with Gasteiger partial charge in [-0.3, -0.25) is 0 Å². The summed E-state index contributed by atoms with van der Waals surface area (Å²) in [5, 5.41) is 0. The summed E-state index contributed by atoms with van der Waals surface area (Å²) in [6.07, 6.45) is -0.656. The van der Waals surface area contributed by atoms with Gasteiger partial charge in [-0.1, -0.05) is 0 Å². The molecule has 0 aromatic carbocycles. The van der Waals surface area contributed by atoms with E-state index in [9.17, 15) is 14.0 Å². The molecule has 0 aromatic rings. The fraction of sp³-hybridized carbons (Fsp3) is 0.833. The Kier molecular flexibility index (Phi) is 4.19. The number of nitrogens with zero attached hydrogens (tertiary/aromatic N) is 1. The maximum Gasteiger partial charge on any atom is 0.410 e. The maximum atomic E-state index is 14.2. The van der Waals surface area contributed by atoms with Crippen LogP contribution in [-0.2, 0) is 14.3 Å². The number of hydrogen-bond acceptors (Lipinski definition) is 4. The van der Waals surface area contributed by atoms with Gasteiger partial charge in [-0.2, -0.15) is 0 Å². The number of rotatable bonds is 2. The van der Waals surface area contributed by atoms with Crippen molar-refractivity contribution in [2.75, 3.05) is 19.7 Å². The van der Waals surface area contributed by atoms with Crippen LogP contribution in [0.3, 0.4) is 0 Å². The van der Waals surface area contributed by atoms with Crippen LogP contribution in [0, 0.1) is 0 Å². The van der Waals surface area contributed by atoms with Gasteiger partial charge in [-0.15, -0.1) is 0 Å². The van der Waals surface area contributed by atoms with Crippen LogP contribution < -0.4 is 0 Å². The monoisotopic (exact) mass is 261 g/mol. The lowest BCUT2D eigenvalue weighted by atomic mass is 10.1. The van der Waals surface area contributed by atoms with Crippen molar-refractivity contribution >= 4 is 12.1 Å². The van der Waals surface area contributed by atoms with Gasteiger partial charge in [0.1, 0.15) is 5.60 Å². The zero-order valence-electron chi connectivity index (χ0n) is 11.3. The summed E-state index contributed by atoms with van der Waals surface area (Å²) in [6, 6.07) is 0. The van der Waals surface area contributed by atoms with E-state index in [4.69, 9.17) is 4.74 Å². The molecule has 5 nitrogen and oxygen atoms in total. The Hall–Kier alpha value is -1.33. The summed E-state index contributed by atoms with van der Waals surface area (Å²) in [4.78, 5) is 24.4. The van der Waals surface area contributed by atoms with Crippen LogP contribution >= 0.6 is 0 Å². The molecule has 1 rings (SSSR count). The Balaban J connectivity index is 2.60. The van der Waals surface area contributed by atoms with E-state index in [1.165, 1.54) is 4.90 Å². The minimum atomic E-state index is -2.10. The topological polar surface area (TPSA) is 55.8 Å². The largest absolute Gasteiger partial charge is 0.464 e. The SMILES string of the molecule is CCOC(=O)C1(F)CCN(C(=O)OC(C)(C)C)C1. The number of amides is 1. The molecular formula is C12H20FNO4. The van der Waals surface area contributed by atoms with Crippen LogP contribution in [0.2, 0.25) is 0 Å². The molecule has 18 heavy (non-hydrogen) atoms. The Morgan fingerprint density at radius 1 is 1.39 bits per heavy atom. The maximum absolute atomic E-state index is 14.2. The highest BCUT2D eigenvalue weighted by atomic mass is 19.1. The molecule has 1 fully saturated rings. The number of esters is 1. The van der Waals surface area contributed by atoms with Gasteiger partial charge in [0.2, 0.25) is 5.67 Å². The molecule has 0 bridgehead atoms. The number of alkyl halides is 1. The first-order valence-corrected chi connectivity index (χ1v) is 6.02. The second-order valence-electron chi connectivity index (χ2n) is 5.34. The molecule has 6 heteroatoms. The van der Waals surface area contributed by atoms with E-state index in [-0.39, 0.29) is 26.1 Å². The van der Waals surface area contributed by atoms with Crippen LogP contribution in [-0.4, -0.2) is 47.9 Å². The molecule has 0 aromatic heterocycles. The Labute approximate surface area is 106 Å². The van der Waals surface area contributed by atoms with Gasteiger partial charge >= 0.3 is 12.1 Å². The van der Waals surface area contributed by atoms with Crippen molar-refractivity contribution in [2.45, 2.75) is 45.4 Å². The molecule has 1 unspecified atom stereocenters. The van der Waals surface area contributed by atoms with Crippen molar-refractivity contribution in [1.29, 1.82) is 0 Å². The van der Waals surface area contributed by atoms with Gasteiger partial charge in [-0.05, 0) is 27.7 Å². The fourth-order valence-electron chi connectivity index (χ4n) is 1.68. The second kappa shape index (κ2) is 5.12. The summed E-state index contributed by atoms with van der Waals surface area (Å²) in [5.41, 5.74) is -2.74. The zero-order valence-corrected chi connectivity index (χ0v) is 11.3. The van der Waals surface area contributed by atoms with Crippen molar-refractivity contribution < 1.29 is 23.5 Å². The van der Waals surface area contributed by atoms with Gasteiger partial charge in [-0.25, -0.2) is 14.0 Å².